The summed E-state index contributed by atoms with van der Waals surface area (Å²) in [7, 11) is 0. The number of benzene rings is 2. The summed E-state index contributed by atoms with van der Waals surface area (Å²) in [5.41, 5.74) is 8.62. The van der Waals surface area contributed by atoms with Crippen LogP contribution in [0.15, 0.2) is 42.5 Å². The molecule has 1 aliphatic carbocycles. The molecule has 0 heterocycles. The molecule has 0 spiro atoms. The summed E-state index contributed by atoms with van der Waals surface area (Å²) in [5.74, 6) is -1.70. The minimum absolute atomic E-state index is 0.00147. The highest BCUT2D eigenvalue weighted by Crippen LogP contribution is 2.38. The number of halogens is 2. The van der Waals surface area contributed by atoms with Crippen LogP contribution in [0.1, 0.15) is 70.1 Å². The zero-order valence-corrected chi connectivity index (χ0v) is 21.2. The van der Waals surface area contributed by atoms with E-state index in [-0.39, 0.29) is 35.9 Å². The minimum atomic E-state index is -0.969. The van der Waals surface area contributed by atoms with Gasteiger partial charge in [-0.25, -0.2) is 8.78 Å². The molecule has 0 saturated heterocycles. The Morgan fingerprint density at radius 2 is 1.77 bits per heavy atom. The van der Waals surface area contributed by atoms with Crippen molar-refractivity contribution < 1.29 is 18.7 Å². The van der Waals surface area contributed by atoms with Gasteiger partial charge in [0, 0.05) is 31.1 Å². The summed E-state index contributed by atoms with van der Waals surface area (Å²) in [6, 6.07) is 11.2. The van der Waals surface area contributed by atoms with Crippen molar-refractivity contribution in [1.82, 2.24) is 10.6 Å². The van der Waals surface area contributed by atoms with Crippen molar-refractivity contribution in [3.8, 4) is 0 Å². The molecule has 5 nitrogen and oxygen atoms in total. The van der Waals surface area contributed by atoms with E-state index < -0.39 is 23.8 Å². The third kappa shape index (κ3) is 7.32. The second-order valence-corrected chi connectivity index (χ2v) is 11.0. The number of nitrogens with two attached hydrogens (primary N) is 1. The van der Waals surface area contributed by atoms with Gasteiger partial charge in [-0.2, -0.15) is 0 Å². The van der Waals surface area contributed by atoms with Gasteiger partial charge in [0.25, 0.3) is 0 Å². The number of amides is 1. The third-order valence-electron chi connectivity index (χ3n) is 7.05. The number of rotatable bonds is 8. The molecule has 2 unspecified atom stereocenters. The lowest BCUT2D eigenvalue weighted by atomic mass is 9.73. The van der Waals surface area contributed by atoms with Crippen molar-refractivity contribution in [2.45, 2.75) is 88.9 Å². The molecule has 5 N–H and O–H groups in total. The first kappa shape index (κ1) is 27.2. The standard InChI is InChI=1S/C28H39F2N3O2/c1-18(34)33-25(14-19-12-22(29)16-23(30)13-19)26(35)17-32-28(10-8-24(31)9-11-28)21-7-5-6-20(15-21)27(2,3)4/h5-7,12-13,15-16,24-26,32,35H,8-11,14,17,31H2,1-4H3,(H,33,34). The normalized spacial score (nSPS) is 22.5. The van der Waals surface area contributed by atoms with Gasteiger partial charge >= 0.3 is 0 Å². The van der Waals surface area contributed by atoms with Gasteiger partial charge in [0.15, 0.2) is 0 Å². The monoisotopic (exact) mass is 487 g/mol. The molecule has 0 aromatic heterocycles. The zero-order chi connectivity index (χ0) is 25.8. The maximum Gasteiger partial charge on any atom is 0.217 e. The number of nitrogens with one attached hydrogen (secondary N) is 2. The first-order valence-electron chi connectivity index (χ1n) is 12.4. The van der Waals surface area contributed by atoms with Crippen molar-refractivity contribution >= 4 is 5.91 Å². The molecule has 1 amide bonds. The van der Waals surface area contributed by atoms with E-state index in [0.717, 1.165) is 37.3 Å². The summed E-state index contributed by atoms with van der Waals surface area (Å²) >= 11 is 0. The van der Waals surface area contributed by atoms with E-state index in [1.165, 1.54) is 24.6 Å². The Labute approximate surface area is 207 Å². The maximum atomic E-state index is 13.7. The summed E-state index contributed by atoms with van der Waals surface area (Å²) < 4.78 is 27.4. The molecule has 1 aliphatic rings. The quantitative estimate of drug-likeness (QED) is 0.452. The Bertz CT molecular complexity index is 993. The largest absolute Gasteiger partial charge is 0.390 e. The second-order valence-electron chi connectivity index (χ2n) is 11.0. The third-order valence-corrected chi connectivity index (χ3v) is 7.05. The Morgan fingerprint density at radius 3 is 2.34 bits per heavy atom. The highest BCUT2D eigenvalue weighted by atomic mass is 19.1. The molecule has 3 rings (SSSR count). The fourth-order valence-electron chi connectivity index (χ4n) is 4.95. The number of aliphatic hydroxyl groups is 1. The van der Waals surface area contributed by atoms with Gasteiger partial charge in [-0.3, -0.25) is 4.79 Å². The fraction of sp³-hybridized carbons (Fsp3) is 0.536. The van der Waals surface area contributed by atoms with Gasteiger partial charge in [0.05, 0.1) is 12.1 Å². The Morgan fingerprint density at radius 1 is 1.14 bits per heavy atom. The van der Waals surface area contributed by atoms with Gasteiger partial charge in [-0.1, -0.05) is 45.0 Å². The van der Waals surface area contributed by atoms with Crippen molar-refractivity contribution in [3.63, 3.8) is 0 Å². The van der Waals surface area contributed by atoms with Crippen LogP contribution < -0.4 is 16.4 Å². The molecular weight excluding hydrogens is 448 g/mol. The first-order chi connectivity index (χ1) is 16.4. The lowest BCUT2D eigenvalue weighted by molar-refractivity contribution is -0.120. The van der Waals surface area contributed by atoms with Crippen molar-refractivity contribution in [1.29, 1.82) is 0 Å². The molecule has 7 heteroatoms. The topological polar surface area (TPSA) is 87.4 Å². The van der Waals surface area contributed by atoms with E-state index in [2.05, 4.69) is 55.7 Å². The van der Waals surface area contributed by atoms with Crippen molar-refractivity contribution in [3.05, 3.63) is 70.8 Å². The van der Waals surface area contributed by atoms with Crippen LogP contribution in [0.25, 0.3) is 0 Å². The highest BCUT2D eigenvalue weighted by Gasteiger charge is 2.37. The molecule has 2 atom stereocenters. The minimum Gasteiger partial charge on any atom is -0.390 e. The van der Waals surface area contributed by atoms with E-state index in [1.54, 1.807) is 0 Å². The smallest absolute Gasteiger partial charge is 0.217 e. The predicted octanol–water partition coefficient (Wildman–Crippen LogP) is 4.06. The highest BCUT2D eigenvalue weighted by molar-refractivity contribution is 5.73. The van der Waals surface area contributed by atoms with Crippen molar-refractivity contribution in [2.75, 3.05) is 6.54 Å². The number of carbonyl (C=O) groups is 1. The summed E-state index contributed by atoms with van der Waals surface area (Å²) in [5, 5.41) is 17.5. The maximum absolute atomic E-state index is 13.7. The number of aliphatic hydroxyl groups excluding tert-OH is 1. The number of hydrogen-bond acceptors (Lipinski definition) is 4. The van der Waals surface area contributed by atoms with Crippen LogP contribution in [-0.2, 0) is 22.2 Å². The first-order valence-corrected chi connectivity index (χ1v) is 12.4. The second kappa shape index (κ2) is 11.1. The van der Waals surface area contributed by atoms with Gasteiger partial charge in [-0.15, -0.1) is 0 Å². The molecular formula is C28H39F2N3O2. The summed E-state index contributed by atoms with van der Waals surface area (Å²) in [6.45, 7) is 8.11. The number of hydrogen-bond donors (Lipinski definition) is 4. The van der Waals surface area contributed by atoms with Crippen LogP contribution in [-0.4, -0.2) is 35.7 Å². The average molecular weight is 488 g/mol. The SMILES string of the molecule is CC(=O)NC(Cc1cc(F)cc(F)c1)C(O)CNC1(c2cccc(C(C)(C)C)c2)CCC(N)CC1. The van der Waals surface area contributed by atoms with Crippen LogP contribution in [0, 0.1) is 11.6 Å². The summed E-state index contributed by atoms with van der Waals surface area (Å²) in [4.78, 5) is 11.8. The molecule has 0 aliphatic heterocycles. The Balaban J connectivity index is 1.82. The van der Waals surface area contributed by atoms with Gasteiger partial charge < -0.3 is 21.5 Å². The predicted molar refractivity (Wildman–Crippen MR) is 135 cm³/mol. The summed E-state index contributed by atoms with van der Waals surface area (Å²) in [6.07, 6.45) is 2.52. The van der Waals surface area contributed by atoms with E-state index in [1.807, 2.05) is 0 Å². The van der Waals surface area contributed by atoms with Crippen LogP contribution in [0.3, 0.4) is 0 Å². The molecule has 0 radical (unpaired) electrons. The van der Waals surface area contributed by atoms with Gasteiger partial charge in [-0.05, 0) is 66.3 Å². The number of carbonyl (C=O) groups excluding carboxylic acids is 1. The molecule has 0 bridgehead atoms. The van der Waals surface area contributed by atoms with Crippen molar-refractivity contribution in [2.24, 2.45) is 5.73 Å². The van der Waals surface area contributed by atoms with E-state index in [0.29, 0.717) is 5.56 Å². The average Bonchev–Trinajstić information content (AvgIpc) is 2.77. The van der Waals surface area contributed by atoms with Gasteiger partial charge in [0.2, 0.25) is 5.91 Å². The van der Waals surface area contributed by atoms with Gasteiger partial charge in [0.1, 0.15) is 11.6 Å². The van der Waals surface area contributed by atoms with Crippen LogP contribution in [0.5, 0.6) is 0 Å². The Hall–Kier alpha value is -2.35. The molecule has 2 aromatic carbocycles. The van der Waals surface area contributed by atoms with Crippen LogP contribution >= 0.6 is 0 Å². The van der Waals surface area contributed by atoms with Crippen LogP contribution in [0.2, 0.25) is 0 Å². The zero-order valence-electron chi connectivity index (χ0n) is 21.2. The van der Waals surface area contributed by atoms with E-state index in [9.17, 15) is 18.7 Å². The van der Waals surface area contributed by atoms with E-state index >= 15 is 0 Å². The Kier molecular flexibility index (Phi) is 8.67. The fourth-order valence-corrected chi connectivity index (χ4v) is 4.95. The molecule has 1 fully saturated rings. The molecule has 35 heavy (non-hydrogen) atoms. The molecule has 2 aromatic rings. The van der Waals surface area contributed by atoms with E-state index in [4.69, 9.17) is 5.73 Å². The molecule has 1 saturated carbocycles. The lowest BCUT2D eigenvalue weighted by Crippen LogP contribution is -2.54. The lowest BCUT2D eigenvalue weighted by Gasteiger charge is -2.42. The van der Waals surface area contributed by atoms with Crippen LogP contribution in [0.4, 0.5) is 8.78 Å². The molecule has 192 valence electrons.